The Morgan fingerprint density at radius 2 is 1.86 bits per heavy atom. The zero-order valence-electron chi connectivity index (χ0n) is 18.0. The minimum Gasteiger partial charge on any atom is -0.389 e. The Morgan fingerprint density at radius 1 is 1.14 bits per heavy atom. The summed E-state index contributed by atoms with van der Waals surface area (Å²) in [7, 11) is 0. The lowest BCUT2D eigenvalue weighted by atomic mass is 10.2. The second-order valence-electron chi connectivity index (χ2n) is 8.71. The summed E-state index contributed by atoms with van der Waals surface area (Å²) in [6.45, 7) is 15.5. The molecule has 7 heteroatoms. The smallest absolute Gasteiger partial charge is 0.259 e. The summed E-state index contributed by atoms with van der Waals surface area (Å²) in [5.74, 6) is 1.90. The first-order valence-electron chi connectivity index (χ1n) is 10.2. The van der Waals surface area contributed by atoms with E-state index >= 15 is 0 Å². The van der Waals surface area contributed by atoms with Crippen molar-refractivity contribution >= 4 is 21.6 Å². The van der Waals surface area contributed by atoms with Gasteiger partial charge in [0.1, 0.15) is 10.7 Å². The number of hydrogen-bond donors (Lipinski definition) is 2. The molecular formula is C21H35N3O3S. The van der Waals surface area contributed by atoms with Gasteiger partial charge in [-0.05, 0) is 23.8 Å². The van der Waals surface area contributed by atoms with Gasteiger partial charge in [0.15, 0.2) is 0 Å². The van der Waals surface area contributed by atoms with Gasteiger partial charge in [0, 0.05) is 24.6 Å². The molecule has 1 atom stereocenters. The van der Waals surface area contributed by atoms with Crippen LogP contribution in [0.2, 0.25) is 0 Å². The number of hydrogen-bond acceptors (Lipinski definition) is 6. The van der Waals surface area contributed by atoms with Crippen molar-refractivity contribution in [2.75, 3.05) is 26.3 Å². The number of aliphatic hydroxyl groups excluding tert-OH is 1. The normalized spacial score (nSPS) is 13.5. The SMILES string of the molecule is CC(C)COC[C@H](O)CN(Cc1nc2sc(C(C)C)cc2c(=O)[nH]1)CC(C)C. The molecule has 0 amide bonds. The summed E-state index contributed by atoms with van der Waals surface area (Å²) >= 11 is 1.58. The third kappa shape index (κ3) is 6.95. The largest absolute Gasteiger partial charge is 0.389 e. The molecule has 2 aromatic heterocycles. The van der Waals surface area contributed by atoms with Crippen molar-refractivity contribution in [1.82, 2.24) is 14.9 Å². The monoisotopic (exact) mass is 409 g/mol. The molecule has 158 valence electrons. The quantitative estimate of drug-likeness (QED) is 0.593. The number of fused-ring (bicyclic) bond motifs is 1. The highest BCUT2D eigenvalue weighted by Gasteiger charge is 2.17. The minimum absolute atomic E-state index is 0.0894. The van der Waals surface area contributed by atoms with Gasteiger partial charge in [-0.1, -0.05) is 41.5 Å². The number of aliphatic hydroxyl groups is 1. The lowest BCUT2D eigenvalue weighted by molar-refractivity contribution is 0.00485. The number of rotatable bonds is 11. The first-order valence-corrected chi connectivity index (χ1v) is 11.0. The summed E-state index contributed by atoms with van der Waals surface area (Å²) < 4.78 is 5.57. The maximum Gasteiger partial charge on any atom is 0.259 e. The maximum absolute atomic E-state index is 12.5. The van der Waals surface area contributed by atoms with Crippen molar-refractivity contribution in [2.45, 2.75) is 60.1 Å². The highest BCUT2D eigenvalue weighted by molar-refractivity contribution is 7.18. The van der Waals surface area contributed by atoms with E-state index in [4.69, 9.17) is 4.74 Å². The van der Waals surface area contributed by atoms with E-state index in [0.29, 0.717) is 55.3 Å². The summed E-state index contributed by atoms with van der Waals surface area (Å²) in [4.78, 5) is 24.2. The molecule has 0 bridgehead atoms. The van der Waals surface area contributed by atoms with E-state index < -0.39 is 6.10 Å². The van der Waals surface area contributed by atoms with E-state index in [0.717, 1.165) is 11.4 Å². The van der Waals surface area contributed by atoms with E-state index in [2.05, 4.69) is 56.4 Å². The van der Waals surface area contributed by atoms with Crippen molar-refractivity contribution in [2.24, 2.45) is 11.8 Å². The summed E-state index contributed by atoms with van der Waals surface area (Å²) in [5.41, 5.74) is -0.0894. The molecule has 2 aromatic rings. The lowest BCUT2D eigenvalue weighted by Gasteiger charge is -2.26. The number of nitrogens with one attached hydrogen (secondary N) is 1. The van der Waals surface area contributed by atoms with Crippen LogP contribution in [0.5, 0.6) is 0 Å². The zero-order chi connectivity index (χ0) is 20.8. The Labute approximate surface area is 171 Å². The van der Waals surface area contributed by atoms with Crippen LogP contribution in [0.25, 0.3) is 10.2 Å². The van der Waals surface area contributed by atoms with E-state index in [1.54, 1.807) is 11.3 Å². The van der Waals surface area contributed by atoms with E-state index in [1.807, 2.05) is 6.07 Å². The highest BCUT2D eigenvalue weighted by Crippen LogP contribution is 2.27. The first-order chi connectivity index (χ1) is 13.2. The molecule has 0 aliphatic rings. The van der Waals surface area contributed by atoms with Crippen LogP contribution in [0.15, 0.2) is 10.9 Å². The van der Waals surface area contributed by atoms with Gasteiger partial charge >= 0.3 is 0 Å². The Bertz CT molecular complexity index is 798. The van der Waals surface area contributed by atoms with E-state index in [1.165, 1.54) is 4.88 Å². The Morgan fingerprint density at radius 3 is 2.46 bits per heavy atom. The molecule has 0 aliphatic carbocycles. The molecule has 0 saturated carbocycles. The predicted molar refractivity (Wildman–Crippen MR) is 116 cm³/mol. The molecule has 0 aliphatic heterocycles. The summed E-state index contributed by atoms with van der Waals surface area (Å²) in [5, 5.41) is 11.0. The average Bonchev–Trinajstić information content (AvgIpc) is 2.98. The van der Waals surface area contributed by atoms with Crippen molar-refractivity contribution in [1.29, 1.82) is 0 Å². The second-order valence-corrected chi connectivity index (χ2v) is 9.77. The van der Waals surface area contributed by atoms with Gasteiger partial charge in [-0.3, -0.25) is 9.69 Å². The Kier molecular flexibility index (Phi) is 8.61. The van der Waals surface area contributed by atoms with Gasteiger partial charge in [-0.25, -0.2) is 4.98 Å². The molecule has 0 radical (unpaired) electrons. The van der Waals surface area contributed by atoms with Crippen molar-refractivity contribution in [3.8, 4) is 0 Å². The van der Waals surface area contributed by atoms with Crippen molar-refractivity contribution in [3.63, 3.8) is 0 Å². The van der Waals surface area contributed by atoms with Crippen LogP contribution >= 0.6 is 11.3 Å². The van der Waals surface area contributed by atoms with Gasteiger partial charge in [0.05, 0.1) is 24.6 Å². The average molecular weight is 410 g/mol. The minimum atomic E-state index is -0.567. The third-order valence-electron chi connectivity index (χ3n) is 4.27. The highest BCUT2D eigenvalue weighted by atomic mass is 32.1. The molecule has 0 fully saturated rings. The second kappa shape index (κ2) is 10.5. The van der Waals surface area contributed by atoms with Gasteiger partial charge in [-0.2, -0.15) is 0 Å². The lowest BCUT2D eigenvalue weighted by Crippen LogP contribution is -2.37. The molecule has 0 unspecified atom stereocenters. The van der Waals surface area contributed by atoms with Gasteiger partial charge in [0.25, 0.3) is 5.56 Å². The number of aromatic amines is 1. The number of ether oxygens (including phenoxy) is 1. The molecule has 6 nitrogen and oxygen atoms in total. The zero-order valence-corrected chi connectivity index (χ0v) is 18.8. The molecule has 0 saturated heterocycles. The Balaban J connectivity index is 2.11. The van der Waals surface area contributed by atoms with E-state index in [9.17, 15) is 9.90 Å². The summed E-state index contributed by atoms with van der Waals surface area (Å²) in [6, 6.07) is 1.95. The van der Waals surface area contributed by atoms with Crippen LogP contribution in [0.3, 0.4) is 0 Å². The van der Waals surface area contributed by atoms with Gasteiger partial charge in [-0.15, -0.1) is 11.3 Å². The third-order valence-corrected chi connectivity index (χ3v) is 5.60. The fourth-order valence-electron chi connectivity index (χ4n) is 3.08. The van der Waals surface area contributed by atoms with Crippen molar-refractivity contribution < 1.29 is 9.84 Å². The first kappa shape index (κ1) is 23.0. The van der Waals surface area contributed by atoms with Gasteiger partial charge in [0.2, 0.25) is 0 Å². The Hall–Kier alpha value is -1.28. The van der Waals surface area contributed by atoms with Crippen LogP contribution in [-0.4, -0.2) is 52.4 Å². The van der Waals surface area contributed by atoms with Crippen LogP contribution in [-0.2, 0) is 11.3 Å². The number of thiophene rings is 1. The molecule has 0 spiro atoms. The topological polar surface area (TPSA) is 78.5 Å². The molecule has 0 aromatic carbocycles. The van der Waals surface area contributed by atoms with Gasteiger partial charge < -0.3 is 14.8 Å². The fraction of sp³-hybridized carbons (Fsp3) is 0.714. The number of aromatic nitrogens is 2. The maximum atomic E-state index is 12.5. The molecular weight excluding hydrogens is 374 g/mol. The number of nitrogens with zero attached hydrogens (tertiary/aromatic N) is 2. The van der Waals surface area contributed by atoms with E-state index in [-0.39, 0.29) is 5.56 Å². The van der Waals surface area contributed by atoms with Crippen LogP contribution < -0.4 is 5.56 Å². The fourth-order valence-corrected chi connectivity index (χ4v) is 4.13. The van der Waals surface area contributed by atoms with Crippen LogP contribution in [0, 0.1) is 11.8 Å². The number of H-pyrrole nitrogens is 1. The standard InChI is InChI=1S/C21H35N3O3S/c1-13(2)8-24(9-16(25)12-27-11-14(3)4)10-19-22-20(26)17-7-18(15(5)6)28-21(17)23-19/h7,13-16,25H,8-12H2,1-6H3,(H,22,23,26)/t16-/m1/s1. The molecule has 2 heterocycles. The van der Waals surface area contributed by atoms with Crippen LogP contribution in [0.4, 0.5) is 0 Å². The molecule has 2 rings (SSSR count). The predicted octanol–water partition coefficient (Wildman–Crippen LogP) is 3.60. The summed E-state index contributed by atoms with van der Waals surface area (Å²) in [6.07, 6.45) is -0.567. The van der Waals surface area contributed by atoms with Crippen molar-refractivity contribution in [3.05, 3.63) is 27.1 Å². The molecule has 2 N–H and O–H groups in total. The molecule has 28 heavy (non-hydrogen) atoms. The van der Waals surface area contributed by atoms with Crippen LogP contribution in [0.1, 0.15) is 58.2 Å².